The fourth-order valence-corrected chi connectivity index (χ4v) is 8.44. The lowest BCUT2D eigenvalue weighted by atomic mass is 9.62. The molecule has 1 spiro atoms. The zero-order chi connectivity index (χ0) is 32.5. The average molecular weight is 603 g/mol. The van der Waals surface area contributed by atoms with Crippen molar-refractivity contribution in [1.29, 1.82) is 0 Å². The van der Waals surface area contributed by atoms with Gasteiger partial charge in [-0.3, -0.25) is 14.4 Å². The molecule has 1 N–H and O–H groups in total. The Labute approximate surface area is 260 Å². The van der Waals surface area contributed by atoms with Gasteiger partial charge in [0, 0.05) is 12.1 Å². The fourth-order valence-electron chi connectivity index (χ4n) is 8.44. The van der Waals surface area contributed by atoms with Gasteiger partial charge in [-0.1, -0.05) is 60.1 Å². The first-order chi connectivity index (χ1) is 20.0. The number of hydrogen-bond acceptors (Lipinski definition) is 6. The summed E-state index contributed by atoms with van der Waals surface area (Å²) in [4.78, 5) is 47.0. The normalized spacial score (nSPS) is 31.5. The predicted molar refractivity (Wildman–Crippen MR) is 169 cm³/mol. The first-order valence-corrected chi connectivity index (χ1v) is 16.3. The molecule has 0 aromatic carbocycles. The van der Waals surface area contributed by atoms with Crippen LogP contribution in [-0.4, -0.2) is 81.3 Å². The maximum Gasteiger partial charge on any atom is 0.312 e. The second-order valence-electron chi connectivity index (χ2n) is 15.3. The van der Waals surface area contributed by atoms with Gasteiger partial charge in [0.15, 0.2) is 0 Å². The van der Waals surface area contributed by atoms with Crippen LogP contribution in [0.4, 0.5) is 0 Å². The number of ether oxygens (including phenoxy) is 2. The van der Waals surface area contributed by atoms with E-state index in [1.807, 2.05) is 38.7 Å². The summed E-state index contributed by atoms with van der Waals surface area (Å²) in [7, 11) is 0. The third-order valence-corrected chi connectivity index (χ3v) is 10.4. The number of amides is 2. The van der Waals surface area contributed by atoms with Crippen molar-refractivity contribution < 1.29 is 29.0 Å². The highest BCUT2D eigenvalue weighted by atomic mass is 16.6. The second-order valence-corrected chi connectivity index (χ2v) is 15.3. The lowest BCUT2D eigenvalue weighted by Crippen LogP contribution is -2.63. The van der Waals surface area contributed by atoms with Crippen LogP contribution in [0.15, 0.2) is 25.3 Å². The van der Waals surface area contributed by atoms with Gasteiger partial charge in [-0.05, 0) is 70.1 Å². The number of carbonyl (C=O) groups excluding carboxylic acids is 3. The van der Waals surface area contributed by atoms with Crippen molar-refractivity contribution in [2.45, 2.75) is 130 Å². The van der Waals surface area contributed by atoms with Crippen LogP contribution in [0, 0.1) is 29.1 Å². The highest BCUT2D eigenvalue weighted by Gasteiger charge is 2.81. The third kappa shape index (κ3) is 6.33. The molecule has 2 amide bonds. The van der Waals surface area contributed by atoms with Crippen LogP contribution in [0.1, 0.15) is 101 Å². The number of nitrogens with zero attached hydrogens (tertiary/aromatic N) is 2. The van der Waals surface area contributed by atoms with Crippen LogP contribution in [0.5, 0.6) is 0 Å². The molecular weight excluding hydrogens is 544 g/mol. The molecule has 0 radical (unpaired) electrons. The van der Waals surface area contributed by atoms with E-state index in [1.165, 1.54) is 0 Å². The van der Waals surface area contributed by atoms with Crippen molar-refractivity contribution in [2.24, 2.45) is 29.1 Å². The molecule has 3 aliphatic rings. The van der Waals surface area contributed by atoms with Crippen molar-refractivity contribution in [2.75, 3.05) is 19.8 Å². The molecule has 3 unspecified atom stereocenters. The number of fused-ring (bicyclic) bond motifs is 1. The lowest BCUT2D eigenvalue weighted by molar-refractivity contribution is -0.165. The van der Waals surface area contributed by atoms with Gasteiger partial charge in [0.25, 0.3) is 0 Å². The number of carbonyl (C=O) groups is 3. The Morgan fingerprint density at radius 1 is 1.21 bits per heavy atom. The minimum atomic E-state index is -1.20. The standard InChI is InChI=1S/C35H58N2O6/c1-12-15-16-17-19-42-31(41)27-26-29(39)37(25(21-38)23(4)14-3)28(35(26)20-24(5)34(27,11)43-35)30(40)36(18-13-2)33(9,10)22-32(6,7)8/h12-13,23-28,38H,1-2,14-22H2,3-11H3/t23-,24?,25-,26-,27+,28?,34-,35?/m0/s1. The fraction of sp³-hybridized carbons (Fsp3) is 0.800. The van der Waals surface area contributed by atoms with Crippen LogP contribution in [0.3, 0.4) is 0 Å². The topological polar surface area (TPSA) is 96.4 Å². The van der Waals surface area contributed by atoms with Gasteiger partial charge in [0.2, 0.25) is 11.8 Å². The summed E-state index contributed by atoms with van der Waals surface area (Å²) in [6.07, 6.45) is 7.87. The van der Waals surface area contributed by atoms with Crippen LogP contribution >= 0.6 is 0 Å². The molecule has 43 heavy (non-hydrogen) atoms. The van der Waals surface area contributed by atoms with Crippen LogP contribution in [-0.2, 0) is 23.9 Å². The van der Waals surface area contributed by atoms with E-state index in [2.05, 4.69) is 47.8 Å². The Balaban J connectivity index is 2.15. The molecule has 3 aliphatic heterocycles. The Hall–Kier alpha value is -2.19. The molecular formula is C35H58N2O6. The Bertz CT molecular complexity index is 1070. The molecule has 8 nitrogen and oxygen atoms in total. The van der Waals surface area contributed by atoms with E-state index in [9.17, 15) is 14.7 Å². The van der Waals surface area contributed by atoms with Gasteiger partial charge in [-0.25, -0.2) is 0 Å². The Kier molecular flexibility index (Phi) is 10.7. The highest BCUT2D eigenvalue weighted by Crippen LogP contribution is 2.66. The summed E-state index contributed by atoms with van der Waals surface area (Å²) in [6, 6.07) is -1.57. The summed E-state index contributed by atoms with van der Waals surface area (Å²) in [5.41, 5.74) is -2.77. The molecule has 0 aromatic rings. The number of rotatable bonds is 15. The first kappa shape index (κ1) is 35.3. The van der Waals surface area contributed by atoms with Gasteiger partial charge in [0.1, 0.15) is 17.6 Å². The number of aliphatic hydroxyl groups excluding tert-OH is 1. The number of hydrogen-bond donors (Lipinski definition) is 1. The number of likely N-dealkylation sites (tertiary alicyclic amines) is 1. The number of unbranched alkanes of at least 4 members (excludes halogenated alkanes) is 2. The molecule has 0 saturated carbocycles. The summed E-state index contributed by atoms with van der Waals surface area (Å²) >= 11 is 0. The SMILES string of the molecule is C=CCCCCOC(=O)[C@H]1[C@H]2C(=O)N([C@@H](CO)[C@@H](C)CC)C(C(=O)N(CC=C)C(C)(C)CC(C)(C)C)C23CC(C)[C@]1(C)O3. The van der Waals surface area contributed by atoms with E-state index in [0.717, 1.165) is 19.3 Å². The zero-order valence-corrected chi connectivity index (χ0v) is 28.3. The van der Waals surface area contributed by atoms with E-state index < -0.39 is 46.6 Å². The zero-order valence-electron chi connectivity index (χ0n) is 28.3. The monoisotopic (exact) mass is 602 g/mol. The van der Waals surface area contributed by atoms with Crippen LogP contribution in [0.25, 0.3) is 0 Å². The second kappa shape index (κ2) is 13.0. The Morgan fingerprint density at radius 2 is 1.86 bits per heavy atom. The van der Waals surface area contributed by atoms with E-state index in [4.69, 9.17) is 9.47 Å². The van der Waals surface area contributed by atoms with Crippen molar-refractivity contribution in [1.82, 2.24) is 9.80 Å². The van der Waals surface area contributed by atoms with Crippen LogP contribution < -0.4 is 0 Å². The minimum absolute atomic E-state index is 0.0651. The number of allylic oxidation sites excluding steroid dienone is 1. The van der Waals surface area contributed by atoms with Crippen LogP contribution in [0.2, 0.25) is 0 Å². The maximum atomic E-state index is 15.0. The maximum absolute atomic E-state index is 15.0. The first-order valence-electron chi connectivity index (χ1n) is 16.3. The molecule has 0 aromatic heterocycles. The molecule has 3 rings (SSSR count). The van der Waals surface area contributed by atoms with Crippen molar-refractivity contribution in [3.05, 3.63) is 25.3 Å². The van der Waals surface area contributed by atoms with Gasteiger partial charge in [0.05, 0.1) is 30.8 Å². The third-order valence-electron chi connectivity index (χ3n) is 10.4. The smallest absolute Gasteiger partial charge is 0.312 e. The van der Waals surface area contributed by atoms with E-state index in [0.29, 0.717) is 25.8 Å². The highest BCUT2D eigenvalue weighted by molar-refractivity contribution is 5.99. The molecule has 2 bridgehead atoms. The Morgan fingerprint density at radius 3 is 2.40 bits per heavy atom. The summed E-state index contributed by atoms with van der Waals surface area (Å²) in [6.45, 7) is 26.5. The van der Waals surface area contributed by atoms with E-state index in [1.54, 1.807) is 11.0 Å². The average Bonchev–Trinajstić information content (AvgIpc) is 3.42. The molecule has 3 fully saturated rings. The van der Waals surface area contributed by atoms with Gasteiger partial charge < -0.3 is 24.4 Å². The molecule has 0 aliphatic carbocycles. The van der Waals surface area contributed by atoms with Crippen molar-refractivity contribution >= 4 is 17.8 Å². The minimum Gasteiger partial charge on any atom is -0.465 e. The molecule has 3 saturated heterocycles. The summed E-state index contributed by atoms with van der Waals surface area (Å²) < 4.78 is 12.7. The number of aliphatic hydroxyl groups is 1. The largest absolute Gasteiger partial charge is 0.465 e. The summed E-state index contributed by atoms with van der Waals surface area (Å²) in [5.74, 6) is -2.82. The van der Waals surface area contributed by atoms with E-state index in [-0.39, 0.29) is 42.3 Å². The molecule has 3 heterocycles. The molecule has 244 valence electrons. The van der Waals surface area contributed by atoms with Gasteiger partial charge >= 0.3 is 5.97 Å². The quantitative estimate of drug-likeness (QED) is 0.150. The molecule has 8 heteroatoms. The lowest BCUT2D eigenvalue weighted by Gasteiger charge is -2.47. The van der Waals surface area contributed by atoms with Gasteiger partial charge in [-0.2, -0.15) is 0 Å². The van der Waals surface area contributed by atoms with Crippen molar-refractivity contribution in [3.8, 4) is 0 Å². The number of esters is 1. The predicted octanol–water partition coefficient (Wildman–Crippen LogP) is 5.53. The van der Waals surface area contributed by atoms with E-state index >= 15 is 4.79 Å². The summed E-state index contributed by atoms with van der Waals surface area (Å²) in [5, 5.41) is 10.7. The molecule has 8 atom stereocenters. The van der Waals surface area contributed by atoms with Gasteiger partial charge in [-0.15, -0.1) is 13.2 Å². The van der Waals surface area contributed by atoms with Crippen molar-refractivity contribution in [3.63, 3.8) is 0 Å².